The average molecular weight is 739 g/mol. The number of fused-ring (bicyclic) bond motifs is 7. The Morgan fingerprint density at radius 2 is 1.52 bits per heavy atom. The van der Waals surface area contributed by atoms with E-state index in [4.69, 9.17) is 28.4 Å². The Balaban J connectivity index is 0.906. The normalized spacial score (nSPS) is 57.5. The van der Waals surface area contributed by atoms with E-state index in [1.165, 1.54) is 24.8 Å². The predicted molar refractivity (Wildman–Crippen MR) is 183 cm³/mol. The Morgan fingerprint density at radius 1 is 0.808 bits per heavy atom. The van der Waals surface area contributed by atoms with Gasteiger partial charge in [0.25, 0.3) is 0 Å². The summed E-state index contributed by atoms with van der Waals surface area (Å²) in [6.45, 7) is 9.45. The highest BCUT2D eigenvalue weighted by Gasteiger charge is 2.68. The fourth-order valence-electron chi connectivity index (χ4n) is 12.5. The van der Waals surface area contributed by atoms with Crippen LogP contribution in [0.15, 0.2) is 11.6 Å². The van der Waals surface area contributed by atoms with E-state index in [9.17, 15) is 35.7 Å². The van der Waals surface area contributed by atoms with Crippen LogP contribution in [0, 0.1) is 46.3 Å². The standard InChI is InChI=1S/C39H62O13/c1-18-7-12-39(48-16-18)19(2)28-25(52-39)14-24-22-6-5-20-13-21(8-10-37(20,3)23(22)9-11-38(24,28)4)49-36-34(46)32(44)30(42)27(51-36)17-47-35-33(45)31(43)29(41)26(15-40)50-35/h5,18-19,21-36,40-46H,6-17H2,1-4H3/t18?,19?,21-,22?,23?,24?,25?,26+,27+,28?,29+,30+,31-,32-,33+,34+,35+,36+,37-,38-,39?/m0/s1. The Kier molecular flexibility index (Phi) is 10.3. The van der Waals surface area contributed by atoms with Crippen molar-refractivity contribution >= 4 is 0 Å². The fraction of sp³-hybridized carbons (Fsp3) is 0.949. The Hall–Kier alpha value is -0.780. The highest BCUT2D eigenvalue weighted by molar-refractivity contribution is 5.26. The molecule has 13 heteroatoms. The molecule has 4 aliphatic carbocycles. The molecule has 0 aromatic carbocycles. The number of hydrogen-bond acceptors (Lipinski definition) is 13. The largest absolute Gasteiger partial charge is 0.394 e. The molecule has 8 rings (SSSR count). The van der Waals surface area contributed by atoms with Gasteiger partial charge in [0.2, 0.25) is 0 Å². The van der Waals surface area contributed by atoms with Gasteiger partial charge in [-0.3, -0.25) is 0 Å². The quantitative estimate of drug-likeness (QED) is 0.193. The molecule has 0 amide bonds. The van der Waals surface area contributed by atoms with Gasteiger partial charge in [0.1, 0.15) is 48.8 Å². The van der Waals surface area contributed by atoms with Gasteiger partial charge in [-0.2, -0.15) is 0 Å². The zero-order valence-corrected chi connectivity index (χ0v) is 31.0. The SMILES string of the molecule is CC1CCC2(OC1)OC1CC3C4CC=C5C[C@@H](O[C@@H]6O[C@H](CO[C@@H]7O[C@H](CO)[C@@H](O)[C@H](O)[C@H]7O)[C@@H](O)[C@H](O)[C@H]6O)CC[C@]5(C)C4CC[C@]3(C)C1C2C. The second-order valence-corrected chi connectivity index (χ2v) is 18.3. The first kappa shape index (κ1) is 38.1. The van der Waals surface area contributed by atoms with Crippen LogP contribution in [0.5, 0.6) is 0 Å². The van der Waals surface area contributed by atoms with E-state index in [1.54, 1.807) is 0 Å². The minimum absolute atomic E-state index is 0.0572. The van der Waals surface area contributed by atoms with Crippen molar-refractivity contribution in [2.45, 2.75) is 165 Å². The van der Waals surface area contributed by atoms with Crippen LogP contribution < -0.4 is 0 Å². The molecule has 8 unspecified atom stereocenters. The molecule has 13 nitrogen and oxygen atoms in total. The molecule has 0 radical (unpaired) electrons. The van der Waals surface area contributed by atoms with Crippen LogP contribution in [-0.4, -0.2) is 135 Å². The first-order valence-electron chi connectivity index (χ1n) is 20.0. The summed E-state index contributed by atoms with van der Waals surface area (Å²) in [5, 5.41) is 72.4. The summed E-state index contributed by atoms with van der Waals surface area (Å²) < 4.78 is 36.8. The molecule has 296 valence electrons. The van der Waals surface area contributed by atoms with Crippen LogP contribution in [0.3, 0.4) is 0 Å². The third kappa shape index (κ3) is 5.99. The highest BCUT2D eigenvalue weighted by atomic mass is 16.7. The number of rotatable bonds is 6. The van der Waals surface area contributed by atoms with Crippen molar-refractivity contribution in [2.75, 3.05) is 19.8 Å². The second-order valence-electron chi connectivity index (χ2n) is 18.3. The summed E-state index contributed by atoms with van der Waals surface area (Å²) in [5.41, 5.74) is 1.70. The summed E-state index contributed by atoms with van der Waals surface area (Å²) in [4.78, 5) is 0. The van der Waals surface area contributed by atoms with E-state index >= 15 is 0 Å². The predicted octanol–water partition coefficient (Wildman–Crippen LogP) is 1.36. The van der Waals surface area contributed by atoms with E-state index in [0.29, 0.717) is 41.9 Å². The molecule has 52 heavy (non-hydrogen) atoms. The van der Waals surface area contributed by atoms with Crippen LogP contribution in [0.25, 0.3) is 0 Å². The van der Waals surface area contributed by atoms with Crippen molar-refractivity contribution in [3.8, 4) is 0 Å². The van der Waals surface area contributed by atoms with E-state index < -0.39 is 73.8 Å². The first-order chi connectivity index (χ1) is 24.7. The zero-order valence-electron chi connectivity index (χ0n) is 31.0. The zero-order chi connectivity index (χ0) is 36.9. The van der Waals surface area contributed by atoms with Gasteiger partial charge in [0.05, 0.1) is 32.0 Å². The van der Waals surface area contributed by atoms with Crippen LogP contribution in [0.4, 0.5) is 0 Å². The summed E-state index contributed by atoms with van der Waals surface area (Å²) in [6.07, 6.45) is -2.78. The molecule has 0 aromatic heterocycles. The van der Waals surface area contributed by atoms with Gasteiger partial charge in [-0.15, -0.1) is 0 Å². The maximum absolute atomic E-state index is 10.9. The van der Waals surface area contributed by atoms with Gasteiger partial charge in [-0.05, 0) is 91.8 Å². The summed E-state index contributed by atoms with van der Waals surface area (Å²) in [5.74, 6) is 2.92. The molecule has 4 heterocycles. The maximum Gasteiger partial charge on any atom is 0.186 e. The lowest BCUT2D eigenvalue weighted by atomic mass is 9.47. The fourth-order valence-corrected chi connectivity index (χ4v) is 12.5. The van der Waals surface area contributed by atoms with E-state index in [1.807, 2.05) is 0 Å². The van der Waals surface area contributed by atoms with Crippen molar-refractivity contribution in [3.05, 3.63) is 11.6 Å². The summed E-state index contributed by atoms with van der Waals surface area (Å²) in [6, 6.07) is 0. The second kappa shape index (κ2) is 14.0. The highest BCUT2D eigenvalue weighted by Crippen LogP contribution is 2.70. The molecule has 21 atom stereocenters. The molecule has 3 saturated carbocycles. The first-order valence-corrected chi connectivity index (χ1v) is 20.0. The monoisotopic (exact) mass is 738 g/mol. The third-order valence-corrected chi connectivity index (χ3v) is 15.6. The van der Waals surface area contributed by atoms with Crippen LogP contribution in [0.2, 0.25) is 0 Å². The number of aliphatic hydroxyl groups is 7. The lowest BCUT2D eigenvalue weighted by Crippen LogP contribution is -2.62. The van der Waals surface area contributed by atoms with E-state index in [-0.39, 0.29) is 29.6 Å². The Labute approximate surface area is 306 Å². The summed E-state index contributed by atoms with van der Waals surface area (Å²) in [7, 11) is 0. The average Bonchev–Trinajstić information content (AvgIpc) is 3.58. The topological polar surface area (TPSA) is 197 Å². The molecule has 0 bridgehead atoms. The van der Waals surface area contributed by atoms with Crippen LogP contribution in [-0.2, 0) is 28.4 Å². The molecule has 7 N–H and O–H groups in total. The smallest absolute Gasteiger partial charge is 0.186 e. The van der Waals surface area contributed by atoms with Crippen LogP contribution >= 0.6 is 0 Å². The van der Waals surface area contributed by atoms with Crippen molar-refractivity contribution < 1.29 is 64.2 Å². The van der Waals surface area contributed by atoms with Gasteiger partial charge in [-0.25, -0.2) is 0 Å². The Morgan fingerprint density at radius 3 is 2.23 bits per heavy atom. The minimum atomic E-state index is -1.63. The number of hydrogen-bond donors (Lipinski definition) is 7. The molecule has 0 aromatic rings. The molecule has 4 aliphatic heterocycles. The minimum Gasteiger partial charge on any atom is -0.394 e. The van der Waals surface area contributed by atoms with Crippen LogP contribution in [0.1, 0.15) is 85.5 Å². The lowest BCUT2D eigenvalue weighted by molar-refractivity contribution is -0.336. The van der Waals surface area contributed by atoms with Gasteiger partial charge in [-0.1, -0.05) is 39.3 Å². The van der Waals surface area contributed by atoms with E-state index in [0.717, 1.165) is 38.7 Å². The number of aliphatic hydroxyl groups excluding tert-OH is 7. The molecule has 1 spiro atoms. The maximum atomic E-state index is 10.9. The van der Waals surface area contributed by atoms with Crippen molar-refractivity contribution in [2.24, 2.45) is 46.3 Å². The number of allylic oxidation sites excluding steroid dienone is 1. The van der Waals surface area contributed by atoms with Gasteiger partial charge in [0, 0.05) is 12.3 Å². The summed E-state index contributed by atoms with van der Waals surface area (Å²) >= 11 is 0. The molecule has 7 fully saturated rings. The Bertz CT molecular complexity index is 1320. The molecule has 8 aliphatic rings. The van der Waals surface area contributed by atoms with Crippen molar-refractivity contribution in [1.29, 1.82) is 0 Å². The van der Waals surface area contributed by atoms with Crippen molar-refractivity contribution in [3.63, 3.8) is 0 Å². The van der Waals surface area contributed by atoms with Gasteiger partial charge >= 0.3 is 0 Å². The van der Waals surface area contributed by atoms with Gasteiger partial charge in [0.15, 0.2) is 18.4 Å². The van der Waals surface area contributed by atoms with E-state index in [2.05, 4.69) is 33.8 Å². The molecular weight excluding hydrogens is 676 g/mol. The van der Waals surface area contributed by atoms with Crippen molar-refractivity contribution in [1.82, 2.24) is 0 Å². The van der Waals surface area contributed by atoms with Gasteiger partial charge < -0.3 is 64.2 Å². The molecule has 4 saturated heterocycles. The third-order valence-electron chi connectivity index (χ3n) is 15.6. The molecular formula is C39H62O13. The number of ether oxygens (including phenoxy) is 6. The lowest BCUT2D eigenvalue weighted by Gasteiger charge is -2.58.